The highest BCUT2D eigenvalue weighted by atomic mass is 32.2. The first-order valence-corrected chi connectivity index (χ1v) is 14.8. The molecule has 1 unspecified atom stereocenters. The van der Waals surface area contributed by atoms with Crippen LogP contribution in [0.3, 0.4) is 0 Å². The summed E-state index contributed by atoms with van der Waals surface area (Å²) in [4.78, 5) is -0.659. The summed E-state index contributed by atoms with van der Waals surface area (Å²) in [5.74, 6) is 0.0692. The van der Waals surface area contributed by atoms with Crippen LogP contribution in [0.1, 0.15) is 18.5 Å². The highest BCUT2D eigenvalue weighted by Crippen LogP contribution is 2.31. The van der Waals surface area contributed by atoms with Crippen molar-refractivity contribution >= 4 is 30.7 Å². The summed E-state index contributed by atoms with van der Waals surface area (Å²) in [6, 6.07) is 17.5. The van der Waals surface area contributed by atoms with E-state index in [1.807, 2.05) is 0 Å². The summed E-state index contributed by atoms with van der Waals surface area (Å²) in [6.45, 7) is 1.80. The molecule has 11 heteroatoms. The van der Waals surface area contributed by atoms with Crippen LogP contribution in [-0.4, -0.2) is 40.7 Å². The molecule has 0 heterocycles. The molecule has 2 atom stereocenters. The van der Waals surface area contributed by atoms with E-state index in [0.29, 0.717) is 0 Å². The van der Waals surface area contributed by atoms with Gasteiger partial charge in [-0.2, -0.15) is 0 Å². The predicted molar refractivity (Wildman–Crippen MR) is 130 cm³/mol. The Morgan fingerprint density at radius 2 is 1.50 bits per heavy atom. The van der Waals surface area contributed by atoms with Crippen molar-refractivity contribution in [3.8, 4) is 5.75 Å². The molecule has 0 saturated heterocycles. The third-order valence-electron chi connectivity index (χ3n) is 4.61. The van der Waals surface area contributed by atoms with E-state index in [1.54, 1.807) is 37.3 Å². The number of hydrogen-bond acceptors (Lipinski definition) is 6. The highest BCUT2D eigenvalue weighted by Gasteiger charge is 2.26. The number of nitrogens with one attached hydrogen (secondary N) is 1. The number of rotatable bonds is 7. The van der Waals surface area contributed by atoms with E-state index in [9.17, 15) is 25.4 Å². The van der Waals surface area contributed by atoms with E-state index in [1.165, 1.54) is 55.8 Å². The van der Waals surface area contributed by atoms with Gasteiger partial charge in [0, 0.05) is 24.6 Å². The lowest BCUT2D eigenvalue weighted by Gasteiger charge is -2.14. The number of halogens is 1. The van der Waals surface area contributed by atoms with Gasteiger partial charge in [0.1, 0.15) is 11.6 Å². The quantitative estimate of drug-likeness (QED) is 0.502. The monoisotopic (exact) mass is 527 g/mol. The Balaban J connectivity index is 0.000000497. The molecule has 3 rings (SSSR count). The lowest BCUT2D eigenvalue weighted by Crippen LogP contribution is -2.20. The summed E-state index contributed by atoms with van der Waals surface area (Å²) in [5, 5.41) is 0. The van der Waals surface area contributed by atoms with Crippen LogP contribution in [0.4, 0.5) is 4.39 Å². The van der Waals surface area contributed by atoms with Crippen LogP contribution in [0.5, 0.6) is 5.75 Å². The van der Waals surface area contributed by atoms with Gasteiger partial charge in [-0.05, 0) is 48.9 Å². The first kappa shape index (κ1) is 27.6. The molecule has 3 aromatic rings. The van der Waals surface area contributed by atoms with Crippen molar-refractivity contribution in [3.05, 3.63) is 84.2 Å². The fourth-order valence-corrected chi connectivity index (χ4v) is 6.42. The lowest BCUT2D eigenvalue weighted by atomic mass is 10.1. The van der Waals surface area contributed by atoms with Gasteiger partial charge in [-0.3, -0.25) is 0 Å². The Hall–Kier alpha value is -2.60. The largest absolute Gasteiger partial charge is 0.497 e. The van der Waals surface area contributed by atoms with Crippen molar-refractivity contribution in [1.82, 2.24) is 4.72 Å². The molecular weight excluding hydrogens is 501 g/mol. The average molecular weight is 528 g/mol. The molecule has 0 aliphatic carbocycles. The van der Waals surface area contributed by atoms with Crippen LogP contribution >= 0.6 is 0 Å². The van der Waals surface area contributed by atoms with Crippen LogP contribution < -0.4 is 9.46 Å². The van der Waals surface area contributed by atoms with Crippen molar-refractivity contribution in [3.63, 3.8) is 0 Å². The summed E-state index contributed by atoms with van der Waals surface area (Å²) in [5.41, 5.74) is 0.752. The Labute approximate surface area is 202 Å². The van der Waals surface area contributed by atoms with Gasteiger partial charge in [-0.15, -0.1) is 0 Å². The molecule has 0 aliphatic heterocycles. The van der Waals surface area contributed by atoms with Crippen molar-refractivity contribution in [2.24, 2.45) is 0 Å². The standard InChI is InChI=1S/C17H21NO6S3.C6H5F/c1-12(18-25(3)19)13-5-8-15(9-6-13)27(22,23)16-10-7-14(24-2)11-17(16)26(4,20)21;7-6-4-2-1-3-5-6/h5-12,18H,1-4H3;1-5H/t12-,25?;/m0./s1. The maximum absolute atomic E-state index is 13.0. The first-order valence-electron chi connectivity index (χ1n) is 9.89. The zero-order valence-corrected chi connectivity index (χ0v) is 21.5. The van der Waals surface area contributed by atoms with Crippen LogP contribution in [0.25, 0.3) is 0 Å². The Morgan fingerprint density at radius 1 is 0.912 bits per heavy atom. The molecule has 0 spiro atoms. The molecule has 0 bridgehead atoms. The van der Waals surface area contributed by atoms with Gasteiger partial charge in [0.25, 0.3) is 0 Å². The molecule has 1 N–H and O–H groups in total. The van der Waals surface area contributed by atoms with Crippen LogP contribution in [0, 0.1) is 5.82 Å². The Morgan fingerprint density at radius 3 is 1.94 bits per heavy atom. The molecule has 7 nitrogen and oxygen atoms in total. The second-order valence-corrected chi connectivity index (χ2v) is 12.3. The zero-order valence-electron chi connectivity index (χ0n) is 19.1. The van der Waals surface area contributed by atoms with E-state index in [0.717, 1.165) is 11.8 Å². The minimum absolute atomic E-state index is 0.0360. The first-order chi connectivity index (χ1) is 15.9. The van der Waals surface area contributed by atoms with Crippen molar-refractivity contribution < 1.29 is 30.2 Å². The van der Waals surface area contributed by atoms with Gasteiger partial charge < -0.3 is 4.74 Å². The molecule has 0 aromatic heterocycles. The number of sulfone groups is 2. The maximum atomic E-state index is 13.0. The van der Waals surface area contributed by atoms with Crippen molar-refractivity contribution in [2.75, 3.05) is 19.6 Å². The SMILES string of the molecule is COc1ccc(S(=O)(=O)c2ccc([C@H](C)NS(C)=O)cc2)c(S(C)(=O)=O)c1.Fc1ccccc1. The number of methoxy groups -OCH3 is 1. The summed E-state index contributed by atoms with van der Waals surface area (Å²) in [7, 11) is -7.70. The molecule has 0 radical (unpaired) electrons. The molecule has 34 heavy (non-hydrogen) atoms. The zero-order chi connectivity index (χ0) is 25.5. The Kier molecular flexibility index (Phi) is 9.51. The van der Waals surface area contributed by atoms with Gasteiger partial charge in [-0.25, -0.2) is 30.2 Å². The summed E-state index contributed by atoms with van der Waals surface area (Å²) >= 11 is 0. The second kappa shape index (κ2) is 11.7. The van der Waals surface area contributed by atoms with Crippen molar-refractivity contribution in [1.29, 1.82) is 0 Å². The summed E-state index contributed by atoms with van der Waals surface area (Å²) < 4.78 is 81.2. The summed E-state index contributed by atoms with van der Waals surface area (Å²) in [6.07, 6.45) is 2.45. The Bertz CT molecular complexity index is 1340. The van der Waals surface area contributed by atoms with Gasteiger partial charge in [0.2, 0.25) is 9.84 Å². The van der Waals surface area contributed by atoms with E-state index >= 15 is 0 Å². The third kappa shape index (κ3) is 7.45. The van der Waals surface area contributed by atoms with Gasteiger partial charge >= 0.3 is 0 Å². The van der Waals surface area contributed by atoms with Crippen LogP contribution in [0.2, 0.25) is 0 Å². The van der Waals surface area contributed by atoms with E-state index < -0.39 is 30.7 Å². The average Bonchev–Trinajstić information content (AvgIpc) is 2.78. The minimum atomic E-state index is -4.06. The minimum Gasteiger partial charge on any atom is -0.497 e. The molecular formula is C23H26FNO6S3. The normalized spacial score (nSPS) is 13.3. The smallest absolute Gasteiger partial charge is 0.207 e. The maximum Gasteiger partial charge on any atom is 0.207 e. The number of ether oxygens (including phenoxy) is 1. The molecule has 0 fully saturated rings. The van der Waals surface area contributed by atoms with E-state index in [2.05, 4.69) is 4.72 Å². The molecule has 0 saturated carbocycles. The fraction of sp³-hybridized carbons (Fsp3) is 0.217. The topological polar surface area (TPSA) is 107 Å². The third-order valence-corrected chi connectivity index (χ3v) is 8.39. The van der Waals surface area contributed by atoms with Crippen molar-refractivity contribution in [2.45, 2.75) is 27.7 Å². The molecule has 3 aromatic carbocycles. The van der Waals surface area contributed by atoms with E-state index in [4.69, 9.17) is 4.74 Å². The lowest BCUT2D eigenvalue weighted by molar-refractivity contribution is 0.412. The highest BCUT2D eigenvalue weighted by molar-refractivity contribution is 7.94. The molecule has 0 amide bonds. The molecule has 184 valence electrons. The van der Waals surface area contributed by atoms with E-state index in [-0.39, 0.29) is 32.3 Å². The second-order valence-electron chi connectivity index (χ2n) is 7.25. The fourth-order valence-electron chi connectivity index (χ4n) is 2.92. The van der Waals surface area contributed by atoms with Crippen LogP contribution in [0.15, 0.2) is 87.5 Å². The number of benzene rings is 3. The van der Waals surface area contributed by atoms with Crippen LogP contribution in [-0.2, 0) is 30.7 Å². The van der Waals surface area contributed by atoms with Gasteiger partial charge in [-0.1, -0.05) is 30.3 Å². The molecule has 0 aliphatic rings. The van der Waals surface area contributed by atoms with Gasteiger partial charge in [0.15, 0.2) is 9.84 Å². The number of hydrogen-bond donors (Lipinski definition) is 1. The predicted octanol–water partition coefficient (Wildman–Crippen LogP) is 3.70. The van der Waals surface area contributed by atoms with Gasteiger partial charge in [0.05, 0.1) is 32.8 Å².